The second-order valence-electron chi connectivity index (χ2n) is 9.17. The SMILES string of the molecule is Cc1c(Cl)ccc2sc(N(Cc3ccccn3)C(=O)c3ccc(S(=O)(=O)N(C)CC4CCCO4)cc3)nc12. The van der Waals surface area contributed by atoms with Crippen LogP contribution < -0.4 is 4.90 Å². The van der Waals surface area contributed by atoms with Crippen molar-refractivity contribution in [2.75, 3.05) is 25.1 Å². The second-order valence-corrected chi connectivity index (χ2v) is 12.6. The average Bonchev–Trinajstić information content (AvgIpc) is 3.60. The average molecular weight is 571 g/mol. The topological polar surface area (TPSA) is 92.7 Å². The molecule has 0 radical (unpaired) electrons. The Morgan fingerprint density at radius 1 is 1.16 bits per heavy atom. The van der Waals surface area contributed by atoms with Crippen molar-refractivity contribution in [2.24, 2.45) is 0 Å². The highest BCUT2D eigenvalue weighted by molar-refractivity contribution is 7.89. The molecular formula is C27H27ClN4O4S2. The molecule has 11 heteroatoms. The van der Waals surface area contributed by atoms with Crippen molar-refractivity contribution in [1.29, 1.82) is 0 Å². The number of amides is 1. The Balaban J connectivity index is 1.44. The number of ether oxygens (including phenoxy) is 1. The molecule has 0 spiro atoms. The highest BCUT2D eigenvalue weighted by Crippen LogP contribution is 2.35. The van der Waals surface area contributed by atoms with Gasteiger partial charge in [0.1, 0.15) is 0 Å². The number of carbonyl (C=O) groups is 1. The van der Waals surface area contributed by atoms with Crippen LogP contribution in [0.3, 0.4) is 0 Å². The summed E-state index contributed by atoms with van der Waals surface area (Å²) in [4.78, 5) is 24.6. The maximum atomic E-state index is 13.8. The quantitative estimate of drug-likeness (QED) is 0.285. The fraction of sp³-hybridized carbons (Fsp3) is 0.296. The molecule has 1 fully saturated rings. The summed E-state index contributed by atoms with van der Waals surface area (Å²) in [7, 11) is -2.17. The van der Waals surface area contributed by atoms with Gasteiger partial charge in [-0.15, -0.1) is 0 Å². The lowest BCUT2D eigenvalue weighted by molar-refractivity contribution is 0.0978. The molecule has 1 aliphatic rings. The minimum absolute atomic E-state index is 0.0943. The summed E-state index contributed by atoms with van der Waals surface area (Å²) < 4.78 is 34.0. The van der Waals surface area contributed by atoms with E-state index in [1.807, 2.05) is 37.3 Å². The number of rotatable bonds is 8. The van der Waals surface area contributed by atoms with E-state index in [0.29, 0.717) is 34.6 Å². The Bertz CT molecular complexity index is 1550. The molecule has 1 unspecified atom stereocenters. The predicted molar refractivity (Wildman–Crippen MR) is 149 cm³/mol. The number of benzene rings is 2. The van der Waals surface area contributed by atoms with Crippen LogP contribution in [0.1, 0.15) is 34.5 Å². The molecule has 1 aliphatic heterocycles. The summed E-state index contributed by atoms with van der Waals surface area (Å²) >= 11 is 7.69. The summed E-state index contributed by atoms with van der Waals surface area (Å²) in [6, 6.07) is 15.2. The fourth-order valence-corrected chi connectivity index (χ4v) is 6.74. The van der Waals surface area contributed by atoms with Gasteiger partial charge in [-0.2, -0.15) is 4.31 Å². The number of carbonyl (C=O) groups excluding carboxylic acids is 1. The first-order valence-corrected chi connectivity index (χ1v) is 14.8. The number of anilines is 1. The Hall–Kier alpha value is -2.89. The van der Waals surface area contributed by atoms with Crippen molar-refractivity contribution in [3.8, 4) is 0 Å². The molecule has 5 rings (SSSR count). The third-order valence-corrected chi connectivity index (χ3v) is 9.84. The van der Waals surface area contributed by atoms with Crippen LogP contribution in [0.2, 0.25) is 5.02 Å². The number of aromatic nitrogens is 2. The van der Waals surface area contributed by atoms with E-state index in [1.165, 1.54) is 39.9 Å². The van der Waals surface area contributed by atoms with Gasteiger partial charge in [0, 0.05) is 37.0 Å². The lowest BCUT2D eigenvalue weighted by atomic mass is 10.2. The Morgan fingerprint density at radius 2 is 1.95 bits per heavy atom. The first-order chi connectivity index (χ1) is 18.2. The number of nitrogens with zero attached hydrogens (tertiary/aromatic N) is 4. The molecule has 1 saturated heterocycles. The molecule has 0 aliphatic carbocycles. The molecule has 2 aromatic carbocycles. The Kier molecular flexibility index (Phi) is 7.78. The van der Waals surface area contributed by atoms with Crippen molar-refractivity contribution >= 4 is 54.2 Å². The van der Waals surface area contributed by atoms with Crippen LogP contribution in [-0.2, 0) is 21.3 Å². The van der Waals surface area contributed by atoms with Crippen LogP contribution in [0.5, 0.6) is 0 Å². The van der Waals surface area contributed by atoms with Crippen molar-refractivity contribution in [2.45, 2.75) is 37.3 Å². The molecule has 198 valence electrons. The molecule has 2 aromatic heterocycles. The second kappa shape index (κ2) is 11.1. The molecule has 0 saturated carbocycles. The van der Waals surface area contributed by atoms with Crippen molar-refractivity contribution in [3.63, 3.8) is 0 Å². The molecule has 3 heterocycles. The highest BCUT2D eigenvalue weighted by Gasteiger charge is 2.27. The number of hydrogen-bond acceptors (Lipinski definition) is 7. The zero-order chi connectivity index (χ0) is 26.9. The van der Waals surface area contributed by atoms with Crippen molar-refractivity contribution in [3.05, 3.63) is 82.6 Å². The van der Waals surface area contributed by atoms with Gasteiger partial charge in [-0.25, -0.2) is 13.4 Å². The number of pyridine rings is 1. The number of fused-ring (bicyclic) bond motifs is 1. The molecule has 1 amide bonds. The Labute approximate surface area is 230 Å². The van der Waals surface area contributed by atoms with Crippen LogP contribution in [0.25, 0.3) is 10.2 Å². The number of hydrogen-bond donors (Lipinski definition) is 0. The van der Waals surface area contributed by atoms with Gasteiger partial charge < -0.3 is 4.74 Å². The summed E-state index contributed by atoms with van der Waals surface area (Å²) in [6.07, 6.45) is 3.36. The van der Waals surface area contributed by atoms with Crippen LogP contribution >= 0.6 is 22.9 Å². The lowest BCUT2D eigenvalue weighted by Crippen LogP contribution is -2.34. The summed E-state index contributed by atoms with van der Waals surface area (Å²) in [5, 5.41) is 1.12. The summed E-state index contributed by atoms with van der Waals surface area (Å²) in [5.74, 6) is -0.310. The maximum Gasteiger partial charge on any atom is 0.260 e. The zero-order valence-electron chi connectivity index (χ0n) is 21.0. The number of sulfonamides is 1. The third kappa shape index (κ3) is 5.45. The van der Waals surface area contributed by atoms with Gasteiger partial charge in [-0.05, 0) is 73.9 Å². The van der Waals surface area contributed by atoms with Gasteiger partial charge in [-0.3, -0.25) is 14.7 Å². The largest absolute Gasteiger partial charge is 0.377 e. The standard InChI is InChI=1S/C27H27ClN4O4S2/c1-18-23(28)12-13-24-25(18)30-27(37-24)32(16-20-6-3-4-14-29-20)26(33)19-8-10-22(11-9-19)38(34,35)31(2)17-21-7-5-15-36-21/h3-4,6,8-14,21H,5,7,15-17H2,1-2H3. The van der Waals surface area contributed by atoms with Crippen LogP contribution in [0.4, 0.5) is 5.13 Å². The van der Waals surface area contributed by atoms with E-state index in [9.17, 15) is 13.2 Å². The molecule has 1 atom stereocenters. The minimum atomic E-state index is -3.72. The number of thiazole rings is 1. The van der Waals surface area contributed by atoms with Gasteiger partial charge in [0.15, 0.2) is 5.13 Å². The highest BCUT2D eigenvalue weighted by atomic mass is 35.5. The van der Waals surface area contributed by atoms with E-state index in [1.54, 1.807) is 18.1 Å². The maximum absolute atomic E-state index is 13.8. The third-order valence-electron chi connectivity index (χ3n) is 6.55. The van der Waals surface area contributed by atoms with Gasteiger partial charge >= 0.3 is 0 Å². The van der Waals surface area contributed by atoms with E-state index in [-0.39, 0.29) is 23.5 Å². The van der Waals surface area contributed by atoms with Crippen LogP contribution in [0, 0.1) is 6.92 Å². The lowest BCUT2D eigenvalue weighted by Gasteiger charge is -2.21. The summed E-state index contributed by atoms with van der Waals surface area (Å²) in [5.41, 5.74) is 2.63. The van der Waals surface area contributed by atoms with Crippen LogP contribution in [0.15, 0.2) is 65.7 Å². The first-order valence-electron chi connectivity index (χ1n) is 12.2. The van der Waals surface area contributed by atoms with E-state index < -0.39 is 10.0 Å². The molecule has 0 N–H and O–H groups in total. The van der Waals surface area contributed by atoms with Gasteiger partial charge in [0.2, 0.25) is 10.0 Å². The van der Waals surface area contributed by atoms with E-state index >= 15 is 0 Å². The van der Waals surface area contributed by atoms with E-state index in [2.05, 4.69) is 4.98 Å². The fourth-order valence-electron chi connectivity index (χ4n) is 4.36. The van der Waals surface area contributed by atoms with Crippen molar-refractivity contribution in [1.82, 2.24) is 14.3 Å². The zero-order valence-corrected chi connectivity index (χ0v) is 23.4. The van der Waals surface area contributed by atoms with Gasteiger partial charge in [0.25, 0.3) is 5.91 Å². The van der Waals surface area contributed by atoms with E-state index in [4.69, 9.17) is 21.3 Å². The van der Waals surface area contributed by atoms with Crippen molar-refractivity contribution < 1.29 is 17.9 Å². The van der Waals surface area contributed by atoms with Crippen LogP contribution in [-0.4, -0.2) is 54.9 Å². The molecule has 8 nitrogen and oxygen atoms in total. The number of likely N-dealkylation sites (N-methyl/N-ethyl adjacent to an activating group) is 1. The minimum Gasteiger partial charge on any atom is -0.377 e. The van der Waals surface area contributed by atoms with Gasteiger partial charge in [0.05, 0.1) is 33.5 Å². The molecule has 4 aromatic rings. The molecule has 38 heavy (non-hydrogen) atoms. The van der Waals surface area contributed by atoms with Gasteiger partial charge in [-0.1, -0.05) is 29.0 Å². The molecular weight excluding hydrogens is 544 g/mol. The first kappa shape index (κ1) is 26.7. The van der Waals surface area contributed by atoms with E-state index in [0.717, 1.165) is 28.6 Å². The summed E-state index contributed by atoms with van der Waals surface area (Å²) in [6.45, 7) is 3.05. The Morgan fingerprint density at radius 3 is 2.63 bits per heavy atom. The monoisotopic (exact) mass is 570 g/mol. The molecule has 0 bridgehead atoms. The predicted octanol–water partition coefficient (Wildman–Crippen LogP) is 5.30. The smallest absolute Gasteiger partial charge is 0.260 e. The number of halogens is 1. The number of aryl methyl sites for hydroxylation is 1. The normalized spacial score (nSPS) is 15.8.